The number of thiazole rings is 1. The molecule has 1 aromatic heterocycles. The second-order valence-corrected chi connectivity index (χ2v) is 9.49. The number of esters is 1. The number of methoxy groups -OCH3 is 2. The van der Waals surface area contributed by atoms with Crippen molar-refractivity contribution in [3.63, 3.8) is 0 Å². The zero-order valence-electron chi connectivity index (χ0n) is 21.0. The molecule has 1 aliphatic heterocycles. The highest BCUT2D eigenvalue weighted by Gasteiger charge is 2.34. The van der Waals surface area contributed by atoms with E-state index in [1.807, 2.05) is 54.6 Å². The maximum Gasteiger partial charge on any atom is 0.338 e. The second-order valence-electron chi connectivity index (χ2n) is 8.48. The average Bonchev–Trinajstić information content (AvgIpc) is 3.22. The summed E-state index contributed by atoms with van der Waals surface area (Å²) in [4.78, 5) is 32.3. The molecule has 0 amide bonds. The van der Waals surface area contributed by atoms with E-state index in [2.05, 4.69) is 4.99 Å². The van der Waals surface area contributed by atoms with Crippen molar-refractivity contribution < 1.29 is 19.0 Å². The van der Waals surface area contributed by atoms with Crippen molar-refractivity contribution in [1.82, 2.24) is 4.57 Å². The van der Waals surface area contributed by atoms with Crippen LogP contribution in [0.4, 0.5) is 0 Å². The number of aromatic nitrogens is 1. The quantitative estimate of drug-likeness (QED) is 0.364. The van der Waals surface area contributed by atoms with Gasteiger partial charge in [0.15, 0.2) is 4.80 Å². The molecule has 3 aromatic carbocycles. The summed E-state index contributed by atoms with van der Waals surface area (Å²) >= 11 is 1.28. The van der Waals surface area contributed by atoms with Gasteiger partial charge in [0.05, 0.1) is 42.7 Å². The van der Waals surface area contributed by atoms with Gasteiger partial charge in [0.2, 0.25) is 0 Å². The largest absolute Gasteiger partial charge is 0.497 e. The molecular formula is C29H26N2O5S. The lowest BCUT2D eigenvalue weighted by atomic mass is 9.91. The molecule has 7 nitrogen and oxygen atoms in total. The van der Waals surface area contributed by atoms with Crippen LogP contribution >= 0.6 is 11.3 Å². The highest BCUT2D eigenvalue weighted by atomic mass is 32.1. The van der Waals surface area contributed by atoms with E-state index >= 15 is 0 Å². The number of carbonyl (C=O) groups is 1. The molecule has 0 bridgehead atoms. The summed E-state index contributed by atoms with van der Waals surface area (Å²) in [6.45, 7) is 3.77. The van der Waals surface area contributed by atoms with Crippen LogP contribution in [0.2, 0.25) is 0 Å². The van der Waals surface area contributed by atoms with Gasteiger partial charge in [0.1, 0.15) is 11.5 Å². The summed E-state index contributed by atoms with van der Waals surface area (Å²) in [6.07, 6.45) is 1.78. The first-order chi connectivity index (χ1) is 18.0. The molecule has 5 rings (SSSR count). The number of fused-ring (bicyclic) bond motifs is 2. The lowest BCUT2D eigenvalue weighted by Crippen LogP contribution is -2.40. The van der Waals surface area contributed by atoms with E-state index in [1.165, 1.54) is 11.3 Å². The minimum absolute atomic E-state index is 0.222. The molecule has 0 aliphatic carbocycles. The third kappa shape index (κ3) is 4.34. The summed E-state index contributed by atoms with van der Waals surface area (Å²) in [5, 5.41) is 1.97. The van der Waals surface area contributed by atoms with Crippen LogP contribution in [0.25, 0.3) is 16.8 Å². The summed E-state index contributed by atoms with van der Waals surface area (Å²) in [6, 6.07) is 18.6. The molecule has 188 valence electrons. The van der Waals surface area contributed by atoms with Gasteiger partial charge >= 0.3 is 5.97 Å². The molecule has 0 saturated heterocycles. The highest BCUT2D eigenvalue weighted by Crippen LogP contribution is 2.35. The predicted octanol–water partition coefficient (Wildman–Crippen LogP) is 3.97. The van der Waals surface area contributed by atoms with E-state index in [0.717, 1.165) is 21.9 Å². The normalized spacial score (nSPS) is 15.4. The number of hydrogen-bond acceptors (Lipinski definition) is 7. The van der Waals surface area contributed by atoms with Crippen LogP contribution < -0.4 is 24.4 Å². The van der Waals surface area contributed by atoms with E-state index in [1.54, 1.807) is 44.8 Å². The van der Waals surface area contributed by atoms with Crippen molar-refractivity contribution in [2.75, 3.05) is 20.8 Å². The molecule has 2 heterocycles. The molecule has 37 heavy (non-hydrogen) atoms. The maximum absolute atomic E-state index is 13.9. The maximum atomic E-state index is 13.9. The lowest BCUT2D eigenvalue weighted by Gasteiger charge is -2.25. The number of hydrogen-bond donors (Lipinski definition) is 0. The zero-order valence-corrected chi connectivity index (χ0v) is 21.8. The van der Waals surface area contributed by atoms with Crippen LogP contribution in [-0.2, 0) is 9.53 Å². The van der Waals surface area contributed by atoms with E-state index < -0.39 is 12.0 Å². The van der Waals surface area contributed by atoms with E-state index in [0.29, 0.717) is 32.1 Å². The van der Waals surface area contributed by atoms with Gasteiger partial charge in [-0.25, -0.2) is 9.79 Å². The fourth-order valence-corrected chi connectivity index (χ4v) is 5.69. The van der Waals surface area contributed by atoms with E-state index in [4.69, 9.17) is 14.2 Å². The minimum atomic E-state index is -0.679. The average molecular weight is 515 g/mol. The molecule has 0 N–H and O–H groups in total. The Balaban J connectivity index is 1.78. The predicted molar refractivity (Wildman–Crippen MR) is 144 cm³/mol. The Morgan fingerprint density at radius 2 is 1.86 bits per heavy atom. The van der Waals surface area contributed by atoms with Crippen molar-refractivity contribution in [2.24, 2.45) is 4.99 Å². The Kier molecular flexibility index (Phi) is 6.67. The highest BCUT2D eigenvalue weighted by molar-refractivity contribution is 7.07. The number of nitrogens with zero attached hydrogens (tertiary/aromatic N) is 2. The summed E-state index contributed by atoms with van der Waals surface area (Å²) in [7, 11) is 3.16. The molecule has 1 aliphatic rings. The van der Waals surface area contributed by atoms with Crippen molar-refractivity contribution in [1.29, 1.82) is 0 Å². The van der Waals surface area contributed by atoms with Gasteiger partial charge in [0.25, 0.3) is 5.56 Å². The van der Waals surface area contributed by atoms with Crippen LogP contribution in [0, 0.1) is 0 Å². The molecule has 1 unspecified atom stereocenters. The standard InChI is InChI=1S/C29H26N2O5S/c1-5-36-28(33)25-17(2)30-29-31(26(25)22-12-8-10-18-9-6-7-11-21(18)22)27(32)24(37-29)15-19-13-14-20(34-3)16-23(19)35-4/h6-16,26H,5H2,1-4H3/b24-15+. The Hall–Kier alpha value is -4.17. The van der Waals surface area contributed by atoms with Crippen LogP contribution in [0.3, 0.4) is 0 Å². The van der Waals surface area contributed by atoms with Crippen molar-refractivity contribution in [3.8, 4) is 11.5 Å². The number of allylic oxidation sites excluding steroid dienone is 1. The minimum Gasteiger partial charge on any atom is -0.497 e. The fourth-order valence-electron chi connectivity index (χ4n) is 4.65. The van der Waals surface area contributed by atoms with Crippen molar-refractivity contribution in [3.05, 3.63) is 103 Å². The Morgan fingerprint density at radius 3 is 2.62 bits per heavy atom. The van der Waals surface area contributed by atoms with Gasteiger partial charge in [-0.3, -0.25) is 9.36 Å². The van der Waals surface area contributed by atoms with Crippen molar-refractivity contribution in [2.45, 2.75) is 19.9 Å². The molecule has 0 spiro atoms. The third-order valence-corrected chi connectivity index (χ3v) is 7.35. The molecule has 0 fully saturated rings. The molecule has 0 saturated carbocycles. The summed E-state index contributed by atoms with van der Waals surface area (Å²) < 4.78 is 18.3. The fraction of sp³-hybridized carbons (Fsp3) is 0.207. The van der Waals surface area contributed by atoms with Gasteiger partial charge < -0.3 is 14.2 Å². The molecule has 0 radical (unpaired) electrons. The lowest BCUT2D eigenvalue weighted by molar-refractivity contribution is -0.139. The van der Waals surface area contributed by atoms with Gasteiger partial charge in [-0.2, -0.15) is 0 Å². The summed E-state index contributed by atoms with van der Waals surface area (Å²) in [5.41, 5.74) is 2.22. The van der Waals surface area contributed by atoms with Crippen molar-refractivity contribution >= 4 is 34.2 Å². The first-order valence-electron chi connectivity index (χ1n) is 11.9. The van der Waals surface area contributed by atoms with Gasteiger partial charge in [-0.15, -0.1) is 0 Å². The molecule has 4 aromatic rings. The van der Waals surface area contributed by atoms with Gasteiger partial charge in [-0.05, 0) is 48.4 Å². The number of benzene rings is 3. The number of carbonyl (C=O) groups excluding carboxylic acids is 1. The van der Waals surface area contributed by atoms with Crippen LogP contribution in [0.1, 0.15) is 31.0 Å². The molecule has 1 atom stereocenters. The molecule has 8 heteroatoms. The van der Waals surface area contributed by atoms with E-state index in [9.17, 15) is 9.59 Å². The zero-order chi connectivity index (χ0) is 26.1. The first-order valence-corrected chi connectivity index (χ1v) is 12.7. The first kappa shape index (κ1) is 24.5. The Morgan fingerprint density at radius 1 is 1.08 bits per heavy atom. The third-order valence-electron chi connectivity index (χ3n) is 6.36. The smallest absolute Gasteiger partial charge is 0.338 e. The Labute approximate surface area is 217 Å². The Bertz CT molecular complexity index is 1730. The summed E-state index contributed by atoms with van der Waals surface area (Å²) in [5.74, 6) is 0.757. The van der Waals surface area contributed by atoms with Crippen LogP contribution in [-0.4, -0.2) is 31.4 Å². The van der Waals surface area contributed by atoms with E-state index in [-0.39, 0.29) is 12.2 Å². The molecular weight excluding hydrogens is 488 g/mol. The van der Waals surface area contributed by atoms with Gasteiger partial charge in [0, 0.05) is 11.6 Å². The second kappa shape index (κ2) is 10.1. The topological polar surface area (TPSA) is 79.1 Å². The number of ether oxygens (including phenoxy) is 3. The monoisotopic (exact) mass is 514 g/mol. The SMILES string of the molecule is CCOC(=O)C1=C(C)N=c2s/c(=C/c3ccc(OC)cc3OC)c(=O)n2C1c1cccc2ccccc12. The van der Waals surface area contributed by atoms with Crippen LogP contribution in [0.5, 0.6) is 11.5 Å². The van der Waals surface area contributed by atoms with Gasteiger partial charge in [-0.1, -0.05) is 53.8 Å². The van der Waals surface area contributed by atoms with Crippen LogP contribution in [0.15, 0.2) is 81.7 Å². The number of rotatable bonds is 6.